The average Bonchev–Trinajstić information content (AvgIpc) is 3.11. The van der Waals surface area contributed by atoms with Crippen LogP contribution in [0.1, 0.15) is 110 Å². The van der Waals surface area contributed by atoms with E-state index in [2.05, 4.69) is 0 Å². The molecule has 0 aliphatic carbocycles. The molecule has 0 amide bonds. The Morgan fingerprint density at radius 3 is 0.667 bits per heavy atom. The van der Waals surface area contributed by atoms with Gasteiger partial charge in [0.25, 0.3) is 0 Å². The highest BCUT2D eigenvalue weighted by Gasteiger charge is 2.35. The molecule has 0 radical (unpaired) electrons. The second-order valence-corrected chi connectivity index (χ2v) is 16.2. The number of rotatable bonds is 23. The molecule has 8 unspecified atom stereocenters. The van der Waals surface area contributed by atoms with Gasteiger partial charge in [0.1, 0.15) is 24.8 Å². The van der Waals surface area contributed by atoms with Gasteiger partial charge < -0.3 is 28.4 Å². The highest BCUT2D eigenvalue weighted by Crippen LogP contribution is 2.27. The lowest BCUT2D eigenvalue weighted by Crippen LogP contribution is -2.34. The zero-order valence-corrected chi connectivity index (χ0v) is 35.0. The molecule has 0 N–H and O–H groups in total. The zero-order valence-electron chi connectivity index (χ0n) is 35.0. The third kappa shape index (κ3) is 17.1. The van der Waals surface area contributed by atoms with E-state index in [1.54, 1.807) is 69.2 Å². The molecule has 0 aliphatic rings. The molecule has 54 heavy (non-hydrogen) atoms. The van der Waals surface area contributed by atoms with Crippen molar-refractivity contribution in [3.05, 3.63) is 0 Å². The van der Waals surface area contributed by atoms with Crippen LogP contribution in [0.2, 0.25) is 0 Å². The molecule has 0 saturated heterocycles. The van der Waals surface area contributed by atoms with Gasteiger partial charge in [0, 0.05) is 35.5 Å². The van der Waals surface area contributed by atoms with Gasteiger partial charge in [0.05, 0.1) is 61.9 Å². The van der Waals surface area contributed by atoms with Gasteiger partial charge in [-0.05, 0) is 0 Å². The quantitative estimate of drug-likeness (QED) is 0.0734. The first-order chi connectivity index (χ1) is 24.8. The minimum atomic E-state index is -0.865. The van der Waals surface area contributed by atoms with Crippen LogP contribution >= 0.6 is 0 Å². The Morgan fingerprint density at radius 1 is 0.315 bits per heavy atom. The monoisotopic (exact) mass is 770 g/mol. The van der Waals surface area contributed by atoms with Crippen molar-refractivity contribution in [3.8, 4) is 0 Å². The number of hydrogen-bond donors (Lipinski definition) is 0. The number of carbonyl (C=O) groups excluding carboxylic acids is 8. The van der Waals surface area contributed by atoms with Crippen LogP contribution < -0.4 is 0 Å². The summed E-state index contributed by atoms with van der Waals surface area (Å²) >= 11 is 0. The lowest BCUT2D eigenvalue weighted by Gasteiger charge is -2.25. The number of hydrogen-bond acceptors (Lipinski definition) is 14. The second kappa shape index (κ2) is 23.2. The van der Waals surface area contributed by atoms with E-state index < -0.39 is 94.0 Å². The topological polar surface area (TPSA) is 192 Å². The van der Waals surface area contributed by atoms with Crippen LogP contribution in [0.3, 0.4) is 0 Å². The largest absolute Gasteiger partial charge is 0.465 e. The van der Waals surface area contributed by atoms with Crippen LogP contribution in [0, 0.1) is 58.2 Å². The zero-order chi connectivity index (χ0) is 42.1. The van der Waals surface area contributed by atoms with Crippen molar-refractivity contribution < 1.29 is 66.8 Å². The van der Waals surface area contributed by atoms with Crippen molar-refractivity contribution in [2.75, 3.05) is 39.6 Å². The summed E-state index contributed by atoms with van der Waals surface area (Å²) < 4.78 is 31.3. The van der Waals surface area contributed by atoms with E-state index in [1.807, 2.05) is 0 Å². The molecule has 310 valence electrons. The van der Waals surface area contributed by atoms with Gasteiger partial charge >= 0.3 is 35.8 Å². The van der Waals surface area contributed by atoms with Gasteiger partial charge in [-0.25, -0.2) is 0 Å². The third-order valence-electron chi connectivity index (χ3n) is 9.66. The summed E-state index contributed by atoms with van der Waals surface area (Å²) in [5, 5.41) is 0. The molecular weight excluding hydrogens is 704 g/mol. The molecule has 0 rings (SSSR count). The first kappa shape index (κ1) is 50.2. The van der Waals surface area contributed by atoms with Crippen LogP contribution in [0.4, 0.5) is 0 Å². The van der Waals surface area contributed by atoms with Crippen LogP contribution in [-0.4, -0.2) is 87.0 Å². The van der Waals surface area contributed by atoms with Crippen molar-refractivity contribution in [3.63, 3.8) is 0 Å². The average molecular weight is 771 g/mol. The molecular formula is C40H66O14. The maximum Gasteiger partial charge on any atom is 0.309 e. The smallest absolute Gasteiger partial charge is 0.309 e. The van der Waals surface area contributed by atoms with Crippen LogP contribution in [-0.2, 0) is 66.8 Å². The van der Waals surface area contributed by atoms with Gasteiger partial charge in [-0.3, -0.25) is 38.4 Å². The number of ether oxygens (including phenoxy) is 6. The van der Waals surface area contributed by atoms with E-state index in [0.29, 0.717) is 0 Å². The fraction of sp³-hybridized carbons (Fsp3) is 0.800. The fourth-order valence-electron chi connectivity index (χ4n) is 4.93. The summed E-state index contributed by atoms with van der Waals surface area (Å²) in [5.41, 5.74) is -1.15. The van der Waals surface area contributed by atoms with Crippen molar-refractivity contribution in [1.82, 2.24) is 0 Å². The van der Waals surface area contributed by atoms with Crippen LogP contribution in [0.25, 0.3) is 0 Å². The Labute approximate surface area is 321 Å². The molecule has 0 aromatic heterocycles. The molecule has 0 fully saturated rings. The molecule has 0 aromatic rings. The molecule has 0 aliphatic heterocycles. The van der Waals surface area contributed by atoms with Crippen LogP contribution in [0.15, 0.2) is 0 Å². The highest BCUT2D eigenvalue weighted by molar-refractivity contribution is 5.90. The molecule has 0 spiro atoms. The predicted octanol–water partition coefficient (Wildman–Crippen LogP) is 5.35. The lowest BCUT2D eigenvalue weighted by atomic mass is 9.79. The molecule has 0 aromatic carbocycles. The summed E-state index contributed by atoms with van der Waals surface area (Å²) in [7, 11) is 0. The summed E-state index contributed by atoms with van der Waals surface area (Å²) in [6.45, 7) is 22.8. The Morgan fingerprint density at radius 2 is 0.481 bits per heavy atom. The summed E-state index contributed by atoms with van der Waals surface area (Å²) in [4.78, 5) is 99.6. The maximum atomic E-state index is 12.5. The number of esters is 6. The molecule has 0 bridgehead atoms. The minimum Gasteiger partial charge on any atom is -0.465 e. The van der Waals surface area contributed by atoms with Crippen molar-refractivity contribution in [2.24, 2.45) is 58.2 Å². The van der Waals surface area contributed by atoms with Gasteiger partial charge in [-0.1, -0.05) is 96.9 Å². The summed E-state index contributed by atoms with van der Waals surface area (Å²) in [5.74, 6) is -9.44. The summed E-state index contributed by atoms with van der Waals surface area (Å²) in [6, 6.07) is 0. The molecule has 0 heterocycles. The number of Topliss-reactive ketones (excluding diaryl/α,β-unsaturated/α-hetero) is 2. The van der Waals surface area contributed by atoms with Crippen LogP contribution in [0.5, 0.6) is 0 Å². The van der Waals surface area contributed by atoms with Gasteiger partial charge in [0.2, 0.25) is 0 Å². The molecule has 14 heteroatoms. The molecule has 0 saturated carbocycles. The SMILES string of the molecule is CC(C(=O)OCCCOC(=O)C(C)C(C)C(=O)C(C)(C)C)C(C)C(=O)OCCOC(=O)C(C)C(C)C(=O)OCCCOC(=O)C(C)C(C)C(=O)C(C)(C)C. The Balaban J connectivity index is 4.42. The van der Waals surface area contributed by atoms with Crippen molar-refractivity contribution >= 4 is 47.4 Å². The van der Waals surface area contributed by atoms with Crippen molar-refractivity contribution in [2.45, 2.75) is 110 Å². The maximum absolute atomic E-state index is 12.5. The van der Waals surface area contributed by atoms with E-state index in [1.165, 1.54) is 27.7 Å². The van der Waals surface area contributed by atoms with Gasteiger partial charge in [-0.15, -0.1) is 0 Å². The Kier molecular flexibility index (Phi) is 21.5. The third-order valence-corrected chi connectivity index (χ3v) is 9.66. The predicted molar refractivity (Wildman–Crippen MR) is 197 cm³/mol. The van der Waals surface area contributed by atoms with Gasteiger partial charge in [-0.2, -0.15) is 0 Å². The highest BCUT2D eigenvalue weighted by atomic mass is 16.6. The first-order valence-corrected chi connectivity index (χ1v) is 18.9. The minimum absolute atomic E-state index is 0.00246. The molecule has 14 nitrogen and oxygen atoms in total. The van der Waals surface area contributed by atoms with E-state index in [4.69, 9.17) is 28.4 Å². The van der Waals surface area contributed by atoms with Crippen molar-refractivity contribution in [1.29, 1.82) is 0 Å². The fourth-order valence-corrected chi connectivity index (χ4v) is 4.93. The Hall–Kier alpha value is -3.84. The number of ketones is 2. The van der Waals surface area contributed by atoms with E-state index in [-0.39, 0.29) is 64.0 Å². The first-order valence-electron chi connectivity index (χ1n) is 18.9. The van der Waals surface area contributed by atoms with Gasteiger partial charge in [0.15, 0.2) is 0 Å². The number of carbonyl (C=O) groups is 8. The summed E-state index contributed by atoms with van der Waals surface area (Å²) in [6.07, 6.45) is 0.465. The normalized spacial score (nSPS) is 16.2. The lowest BCUT2D eigenvalue weighted by molar-refractivity contribution is -0.164. The Bertz CT molecular complexity index is 1190. The van der Waals surface area contributed by atoms with E-state index in [9.17, 15) is 38.4 Å². The second-order valence-electron chi connectivity index (χ2n) is 16.2. The van der Waals surface area contributed by atoms with E-state index >= 15 is 0 Å². The standard InChI is InChI=1S/C40H66O14/c1-23(31(41)39(9,10)11)25(3)33(43)49-17-15-19-51-35(45)27(5)29(7)37(47)53-21-22-54-38(48)30(8)28(6)36(46)52-20-16-18-50-34(44)26(4)24(2)32(42)40(12,13)14/h23-30H,15-22H2,1-14H3. The molecule has 8 atom stereocenters. The van der Waals surface area contributed by atoms with E-state index in [0.717, 1.165) is 0 Å².